The number of ether oxygens (including phenoxy) is 1. The van der Waals surface area contributed by atoms with Gasteiger partial charge in [0, 0.05) is 31.6 Å². The molecule has 2 aromatic carbocycles. The number of aromatic hydroxyl groups is 1. The molecule has 3 heterocycles. The second kappa shape index (κ2) is 9.19. The molecule has 7 nitrogen and oxygen atoms in total. The van der Waals surface area contributed by atoms with E-state index in [1.54, 1.807) is 31.4 Å². The molecule has 5 atom stereocenters. The van der Waals surface area contributed by atoms with Gasteiger partial charge in [-0.1, -0.05) is 38.1 Å². The van der Waals surface area contributed by atoms with Gasteiger partial charge in [-0.3, -0.25) is 14.5 Å². The van der Waals surface area contributed by atoms with Gasteiger partial charge < -0.3 is 20.5 Å². The van der Waals surface area contributed by atoms with E-state index in [0.717, 1.165) is 30.8 Å². The fourth-order valence-corrected chi connectivity index (χ4v) is 6.67. The predicted molar refractivity (Wildman–Crippen MR) is 133 cm³/mol. The second-order valence-corrected chi connectivity index (χ2v) is 10.8. The zero-order valence-corrected chi connectivity index (χ0v) is 20.7. The highest BCUT2D eigenvalue weighted by molar-refractivity contribution is 5.96. The molecule has 6 rings (SSSR count). The molecule has 4 fully saturated rings. The van der Waals surface area contributed by atoms with Crippen molar-refractivity contribution >= 4 is 11.8 Å². The Hall–Kier alpha value is -3.06. The number of nitrogens with one attached hydrogen (secondary N) is 2. The lowest BCUT2D eigenvalue weighted by Crippen LogP contribution is -2.75. The van der Waals surface area contributed by atoms with Gasteiger partial charge in [0.25, 0.3) is 0 Å². The molecule has 0 spiro atoms. The number of rotatable bonds is 8. The summed E-state index contributed by atoms with van der Waals surface area (Å²) in [6, 6.07) is 15.0. The first kappa shape index (κ1) is 23.7. The molecule has 4 aliphatic rings. The average Bonchev–Trinajstić information content (AvgIpc) is 3.15. The summed E-state index contributed by atoms with van der Waals surface area (Å²) >= 11 is 0. The van der Waals surface area contributed by atoms with Crippen molar-refractivity contribution in [1.29, 1.82) is 0 Å². The van der Waals surface area contributed by atoms with Crippen LogP contribution in [0.1, 0.15) is 37.8 Å². The third-order valence-electron chi connectivity index (χ3n) is 8.11. The van der Waals surface area contributed by atoms with E-state index in [-0.39, 0.29) is 41.4 Å². The quantitative estimate of drug-likeness (QED) is 0.544. The third-order valence-corrected chi connectivity index (χ3v) is 8.11. The van der Waals surface area contributed by atoms with Crippen LogP contribution < -0.4 is 15.4 Å². The first-order valence-corrected chi connectivity index (χ1v) is 12.6. The van der Waals surface area contributed by atoms with Crippen molar-refractivity contribution in [3.8, 4) is 11.5 Å². The Morgan fingerprint density at radius 3 is 2.51 bits per heavy atom. The third kappa shape index (κ3) is 4.27. The highest BCUT2D eigenvalue weighted by atomic mass is 16.5. The Labute approximate surface area is 206 Å². The molecule has 0 unspecified atom stereocenters. The number of hydrogen-bond acceptors (Lipinski definition) is 5. The van der Waals surface area contributed by atoms with Crippen molar-refractivity contribution in [3.05, 3.63) is 59.7 Å². The van der Waals surface area contributed by atoms with E-state index in [2.05, 4.69) is 41.5 Å². The number of phenolic OH excluding ortho intramolecular Hbond substituents is 1. The minimum absolute atomic E-state index is 0.0169. The van der Waals surface area contributed by atoms with Crippen molar-refractivity contribution in [1.82, 2.24) is 15.5 Å². The van der Waals surface area contributed by atoms with Gasteiger partial charge in [0.2, 0.25) is 11.8 Å². The maximum Gasteiger partial charge on any atom is 0.246 e. The summed E-state index contributed by atoms with van der Waals surface area (Å²) in [5.74, 6) is 1.50. The Morgan fingerprint density at radius 1 is 1.17 bits per heavy atom. The number of methoxy groups -OCH3 is 1. The number of carbonyl (C=O) groups is 2. The predicted octanol–water partition coefficient (Wildman–Crippen LogP) is 3.07. The summed E-state index contributed by atoms with van der Waals surface area (Å²) in [6.45, 7) is 6.32. The smallest absolute Gasteiger partial charge is 0.246 e. The average molecular weight is 478 g/mol. The van der Waals surface area contributed by atoms with Crippen LogP contribution >= 0.6 is 0 Å². The monoisotopic (exact) mass is 477 g/mol. The maximum atomic E-state index is 13.8. The summed E-state index contributed by atoms with van der Waals surface area (Å²) < 4.78 is 5.30. The van der Waals surface area contributed by atoms with Crippen LogP contribution in [-0.4, -0.2) is 47.1 Å². The number of carbonyl (C=O) groups excluding carboxylic acids is 2. The second-order valence-electron chi connectivity index (χ2n) is 10.8. The van der Waals surface area contributed by atoms with Gasteiger partial charge in [0.15, 0.2) is 0 Å². The lowest BCUT2D eigenvalue weighted by molar-refractivity contribution is -0.155. The van der Waals surface area contributed by atoms with Crippen LogP contribution in [-0.2, 0) is 22.7 Å². The SMILES string of the molecule is COc1ccc(CN2C[C@H]3C[C@]4(C(=O)NCc5ccc(O)cc5)NC(=O)[C@H]3[C@@H]2[C@@H]4CC(C)C)cc1. The molecule has 7 heteroatoms. The van der Waals surface area contributed by atoms with Gasteiger partial charge in [0.05, 0.1) is 13.0 Å². The Balaban J connectivity index is 1.41. The lowest BCUT2D eigenvalue weighted by Gasteiger charge is -2.55. The number of likely N-dealkylation sites (tertiary alicyclic amines) is 1. The fraction of sp³-hybridized carbons (Fsp3) is 0.500. The van der Waals surface area contributed by atoms with Crippen molar-refractivity contribution < 1.29 is 19.4 Å². The van der Waals surface area contributed by atoms with E-state index < -0.39 is 5.54 Å². The normalized spacial score (nSPS) is 29.3. The van der Waals surface area contributed by atoms with Crippen LogP contribution in [0.4, 0.5) is 0 Å². The zero-order valence-electron chi connectivity index (χ0n) is 20.7. The van der Waals surface area contributed by atoms with Gasteiger partial charge in [-0.25, -0.2) is 0 Å². The van der Waals surface area contributed by atoms with Gasteiger partial charge in [-0.05, 0) is 60.1 Å². The molecule has 4 bridgehead atoms. The number of fused-ring (bicyclic) bond motifs is 1. The van der Waals surface area contributed by atoms with Crippen molar-refractivity contribution in [2.75, 3.05) is 13.7 Å². The molecular weight excluding hydrogens is 442 g/mol. The number of benzene rings is 2. The standard InChI is InChI=1S/C28H35N3O4/c1-17(2)12-23-25-24-20(16-31(25)15-19-6-10-22(35-3)11-7-19)13-28(23,30-26(24)33)27(34)29-14-18-4-8-21(32)9-5-18/h4-11,17,20,23-25,32H,12-16H2,1-3H3,(H,29,34)(H,30,33)/t20-,23+,24-,25+,28+/m1/s1. The summed E-state index contributed by atoms with van der Waals surface area (Å²) in [5, 5.41) is 15.8. The molecule has 2 aromatic rings. The summed E-state index contributed by atoms with van der Waals surface area (Å²) in [6.07, 6.45) is 1.55. The Morgan fingerprint density at radius 2 is 1.86 bits per heavy atom. The van der Waals surface area contributed by atoms with Crippen molar-refractivity contribution in [2.24, 2.45) is 23.7 Å². The van der Waals surface area contributed by atoms with Crippen LogP contribution in [0.25, 0.3) is 0 Å². The molecule has 1 saturated carbocycles. The first-order valence-electron chi connectivity index (χ1n) is 12.6. The van der Waals surface area contributed by atoms with Gasteiger partial charge in [0.1, 0.15) is 17.0 Å². The largest absolute Gasteiger partial charge is 0.508 e. The zero-order chi connectivity index (χ0) is 24.7. The molecule has 0 aromatic heterocycles. The van der Waals surface area contributed by atoms with Gasteiger partial charge in [-0.2, -0.15) is 0 Å². The van der Waals surface area contributed by atoms with Crippen LogP contribution in [0.3, 0.4) is 0 Å². The van der Waals surface area contributed by atoms with E-state index in [0.29, 0.717) is 18.9 Å². The van der Waals surface area contributed by atoms with Gasteiger partial charge in [-0.15, -0.1) is 0 Å². The van der Waals surface area contributed by atoms with E-state index in [9.17, 15) is 14.7 Å². The van der Waals surface area contributed by atoms with Crippen LogP contribution in [0.15, 0.2) is 48.5 Å². The molecule has 35 heavy (non-hydrogen) atoms. The molecular formula is C28H35N3O4. The fourth-order valence-electron chi connectivity index (χ4n) is 6.67. The number of amides is 2. The lowest BCUT2D eigenvalue weighted by atomic mass is 9.57. The minimum Gasteiger partial charge on any atom is -0.508 e. The Kier molecular flexibility index (Phi) is 6.21. The molecule has 3 N–H and O–H groups in total. The molecule has 3 saturated heterocycles. The van der Waals surface area contributed by atoms with E-state index in [1.807, 2.05) is 12.1 Å². The molecule has 3 aliphatic heterocycles. The number of phenols is 1. The minimum atomic E-state index is -0.892. The van der Waals surface area contributed by atoms with Crippen LogP contribution in [0, 0.1) is 23.7 Å². The summed E-state index contributed by atoms with van der Waals surface area (Å²) in [4.78, 5) is 29.5. The molecule has 186 valence electrons. The van der Waals surface area contributed by atoms with Crippen molar-refractivity contribution in [2.45, 2.75) is 51.4 Å². The van der Waals surface area contributed by atoms with Crippen LogP contribution in [0.5, 0.6) is 11.5 Å². The maximum absolute atomic E-state index is 13.8. The molecule has 2 amide bonds. The first-order chi connectivity index (χ1) is 16.8. The van der Waals surface area contributed by atoms with Crippen molar-refractivity contribution in [3.63, 3.8) is 0 Å². The van der Waals surface area contributed by atoms with E-state index in [4.69, 9.17) is 4.74 Å². The highest BCUT2D eigenvalue weighted by Gasteiger charge is 2.67. The van der Waals surface area contributed by atoms with Gasteiger partial charge >= 0.3 is 0 Å². The number of hydrogen-bond donors (Lipinski definition) is 3. The summed E-state index contributed by atoms with van der Waals surface area (Å²) in [5.41, 5.74) is 1.20. The number of piperidine rings is 2. The molecule has 1 aliphatic carbocycles. The van der Waals surface area contributed by atoms with E-state index in [1.165, 1.54) is 5.56 Å². The Bertz CT molecular complexity index is 1080. The van der Waals surface area contributed by atoms with Crippen LogP contribution in [0.2, 0.25) is 0 Å². The van der Waals surface area contributed by atoms with E-state index >= 15 is 0 Å². The molecule has 0 radical (unpaired) electrons. The highest BCUT2D eigenvalue weighted by Crippen LogP contribution is 2.54. The topological polar surface area (TPSA) is 90.9 Å². The summed E-state index contributed by atoms with van der Waals surface area (Å²) in [7, 11) is 1.66. The number of nitrogens with zero attached hydrogens (tertiary/aromatic N) is 1.